The molecular formula is C33H32FN5O3. The average molecular weight is 566 g/mol. The van der Waals surface area contributed by atoms with Gasteiger partial charge in [-0.15, -0.1) is 0 Å². The molecular weight excluding hydrogens is 533 g/mol. The predicted molar refractivity (Wildman–Crippen MR) is 158 cm³/mol. The van der Waals surface area contributed by atoms with E-state index in [1.807, 2.05) is 41.3 Å². The third kappa shape index (κ3) is 4.76. The molecule has 214 valence electrons. The van der Waals surface area contributed by atoms with Crippen LogP contribution in [0.3, 0.4) is 0 Å². The van der Waals surface area contributed by atoms with Gasteiger partial charge in [-0.1, -0.05) is 6.07 Å². The van der Waals surface area contributed by atoms with Crippen LogP contribution in [0.5, 0.6) is 5.75 Å². The smallest absolute Gasteiger partial charge is 0.251 e. The number of piperidine rings is 3. The van der Waals surface area contributed by atoms with Gasteiger partial charge < -0.3 is 24.3 Å². The molecule has 6 heterocycles. The van der Waals surface area contributed by atoms with Gasteiger partial charge in [0.1, 0.15) is 29.3 Å². The lowest BCUT2D eigenvalue weighted by atomic mass is 9.84. The standard InChI is InChI=1S/C33H32FN5O3/c1-41-30-15-22(33(40)37-28-19-38-11-7-20(28)8-12-38)2-4-26(30)31-16-27-32(42-31)25(6-10-36-27)21-3-5-29(23(14-21)17-35)39-13-9-24(34)18-39/h2-6,10,14-16,20,24,28H,7-9,11-13,18-19H2,1H3,(H,37,40)/t24-,28?/m1/s1. The van der Waals surface area contributed by atoms with Crippen molar-refractivity contribution in [2.45, 2.75) is 31.5 Å². The van der Waals surface area contributed by atoms with E-state index in [0.29, 0.717) is 64.7 Å². The summed E-state index contributed by atoms with van der Waals surface area (Å²) in [5, 5.41) is 13.1. The van der Waals surface area contributed by atoms with Crippen molar-refractivity contribution < 1.29 is 18.3 Å². The lowest BCUT2D eigenvalue weighted by molar-refractivity contribution is 0.0620. The van der Waals surface area contributed by atoms with Crippen molar-refractivity contribution in [3.8, 4) is 34.3 Å². The fraction of sp³-hybridized carbons (Fsp3) is 0.364. The highest BCUT2D eigenvalue weighted by molar-refractivity contribution is 5.97. The number of pyridine rings is 1. The van der Waals surface area contributed by atoms with E-state index in [2.05, 4.69) is 21.3 Å². The number of amides is 1. The Morgan fingerprint density at radius 3 is 2.64 bits per heavy atom. The zero-order valence-corrected chi connectivity index (χ0v) is 23.5. The molecule has 2 atom stereocenters. The summed E-state index contributed by atoms with van der Waals surface area (Å²) in [7, 11) is 1.58. The van der Waals surface area contributed by atoms with Crippen LogP contribution in [0, 0.1) is 17.2 Å². The van der Waals surface area contributed by atoms with Crippen molar-refractivity contribution in [1.29, 1.82) is 5.26 Å². The Morgan fingerprint density at radius 2 is 1.93 bits per heavy atom. The van der Waals surface area contributed by atoms with Crippen molar-refractivity contribution in [2.75, 3.05) is 44.7 Å². The third-order valence-electron chi connectivity index (χ3n) is 9.01. The summed E-state index contributed by atoms with van der Waals surface area (Å²) < 4.78 is 25.9. The fourth-order valence-corrected chi connectivity index (χ4v) is 6.72. The normalized spacial score (nSPS) is 23.2. The van der Waals surface area contributed by atoms with Gasteiger partial charge in [-0.2, -0.15) is 5.26 Å². The van der Waals surface area contributed by atoms with Gasteiger partial charge in [0.05, 0.1) is 23.9 Å². The number of alkyl halides is 1. The molecule has 4 aliphatic rings. The number of aromatic nitrogens is 1. The molecule has 0 aliphatic carbocycles. The summed E-state index contributed by atoms with van der Waals surface area (Å²) in [4.78, 5) is 22.0. The van der Waals surface area contributed by atoms with Gasteiger partial charge in [0.25, 0.3) is 5.91 Å². The topological polar surface area (TPSA) is 94.6 Å². The van der Waals surface area contributed by atoms with Crippen LogP contribution in [-0.4, -0.2) is 67.8 Å². The summed E-state index contributed by atoms with van der Waals surface area (Å²) >= 11 is 0. The minimum absolute atomic E-state index is 0.0973. The maximum Gasteiger partial charge on any atom is 0.251 e. The van der Waals surface area contributed by atoms with Crippen LogP contribution in [0.4, 0.5) is 10.1 Å². The van der Waals surface area contributed by atoms with Crippen molar-refractivity contribution in [1.82, 2.24) is 15.2 Å². The van der Waals surface area contributed by atoms with Crippen LogP contribution >= 0.6 is 0 Å². The minimum atomic E-state index is -0.872. The lowest BCUT2D eigenvalue weighted by Gasteiger charge is -2.44. The van der Waals surface area contributed by atoms with Crippen molar-refractivity contribution in [3.63, 3.8) is 0 Å². The van der Waals surface area contributed by atoms with E-state index < -0.39 is 6.17 Å². The van der Waals surface area contributed by atoms with Gasteiger partial charge in [0.15, 0.2) is 5.58 Å². The van der Waals surface area contributed by atoms with E-state index in [0.717, 1.165) is 49.3 Å². The first-order valence-electron chi connectivity index (χ1n) is 14.5. The van der Waals surface area contributed by atoms with Crippen molar-refractivity contribution >= 4 is 22.7 Å². The molecule has 8 nitrogen and oxygen atoms in total. The predicted octanol–water partition coefficient (Wildman–Crippen LogP) is 5.41. The summed E-state index contributed by atoms with van der Waals surface area (Å²) in [5.74, 6) is 1.54. The highest BCUT2D eigenvalue weighted by atomic mass is 19.1. The first-order valence-corrected chi connectivity index (χ1v) is 14.5. The quantitative estimate of drug-likeness (QED) is 0.334. The number of fused-ring (bicyclic) bond motifs is 4. The van der Waals surface area contributed by atoms with E-state index in [9.17, 15) is 14.4 Å². The molecule has 0 saturated carbocycles. The number of hydrogen-bond donors (Lipinski definition) is 1. The first-order chi connectivity index (χ1) is 20.5. The number of anilines is 1. The van der Waals surface area contributed by atoms with Crippen LogP contribution in [0.15, 0.2) is 59.1 Å². The third-order valence-corrected chi connectivity index (χ3v) is 9.01. The second-order valence-electron chi connectivity index (χ2n) is 11.5. The second kappa shape index (κ2) is 10.8. The fourth-order valence-electron chi connectivity index (χ4n) is 6.72. The maximum absolute atomic E-state index is 13.8. The summed E-state index contributed by atoms with van der Waals surface area (Å²) in [5.41, 5.74) is 5.35. The van der Waals surface area contributed by atoms with Gasteiger partial charge in [-0.3, -0.25) is 9.78 Å². The minimum Gasteiger partial charge on any atom is -0.496 e. The molecule has 9 heteroatoms. The highest BCUT2D eigenvalue weighted by Crippen LogP contribution is 2.39. The zero-order chi connectivity index (χ0) is 28.8. The largest absolute Gasteiger partial charge is 0.496 e. The Bertz CT molecular complexity index is 1700. The molecule has 4 saturated heterocycles. The van der Waals surface area contributed by atoms with Crippen LogP contribution in [0.25, 0.3) is 33.6 Å². The monoisotopic (exact) mass is 565 g/mol. The maximum atomic E-state index is 13.8. The first kappa shape index (κ1) is 26.5. The molecule has 2 bridgehead atoms. The van der Waals surface area contributed by atoms with E-state index in [4.69, 9.17) is 9.15 Å². The number of carbonyl (C=O) groups excluding carboxylic acids is 1. The number of ether oxygens (including phenoxy) is 1. The molecule has 2 aromatic heterocycles. The molecule has 2 aromatic carbocycles. The molecule has 1 N–H and O–H groups in total. The number of rotatable bonds is 6. The Balaban J connectivity index is 1.18. The Kier molecular flexibility index (Phi) is 6.79. The number of methoxy groups -OCH3 is 1. The number of halogens is 1. The number of nitrogens with one attached hydrogen (secondary N) is 1. The summed E-state index contributed by atoms with van der Waals surface area (Å²) in [6.07, 6.45) is 3.58. The zero-order valence-electron chi connectivity index (χ0n) is 23.5. The molecule has 1 amide bonds. The summed E-state index contributed by atoms with van der Waals surface area (Å²) in [6.45, 7) is 4.06. The van der Waals surface area contributed by atoms with Gasteiger partial charge in [-0.25, -0.2) is 4.39 Å². The van der Waals surface area contributed by atoms with Gasteiger partial charge in [-0.05, 0) is 80.2 Å². The number of hydrogen-bond acceptors (Lipinski definition) is 7. The molecule has 0 spiro atoms. The van der Waals surface area contributed by atoms with Gasteiger partial charge >= 0.3 is 0 Å². The molecule has 1 unspecified atom stereocenters. The molecule has 4 fully saturated rings. The van der Waals surface area contributed by atoms with E-state index in [1.54, 1.807) is 25.4 Å². The van der Waals surface area contributed by atoms with Crippen LogP contribution < -0.4 is 15.0 Å². The molecule has 4 aromatic rings. The SMILES string of the molecule is COc1cc(C(=O)NC2CN3CCC2CC3)ccc1-c1cc2nccc(-c3ccc(N4CC[C@@H](F)C4)c(C#N)c3)c2o1. The van der Waals surface area contributed by atoms with E-state index >= 15 is 0 Å². The number of nitriles is 1. The van der Waals surface area contributed by atoms with Gasteiger partial charge in [0, 0.05) is 49.1 Å². The Morgan fingerprint density at radius 1 is 1.07 bits per heavy atom. The second-order valence-corrected chi connectivity index (χ2v) is 11.5. The molecule has 0 radical (unpaired) electrons. The Hall–Kier alpha value is -4.42. The van der Waals surface area contributed by atoms with Crippen LogP contribution in [0.2, 0.25) is 0 Å². The lowest BCUT2D eigenvalue weighted by Crippen LogP contribution is -2.57. The Labute approximate surface area is 243 Å². The number of benzene rings is 2. The average Bonchev–Trinajstić information content (AvgIpc) is 3.67. The van der Waals surface area contributed by atoms with E-state index in [-0.39, 0.29) is 11.9 Å². The molecule has 42 heavy (non-hydrogen) atoms. The summed E-state index contributed by atoms with van der Waals surface area (Å²) in [6, 6.07) is 17.2. The number of carbonyl (C=O) groups is 1. The van der Waals surface area contributed by atoms with Crippen LogP contribution in [0.1, 0.15) is 35.2 Å². The van der Waals surface area contributed by atoms with Crippen molar-refractivity contribution in [2.24, 2.45) is 5.92 Å². The van der Waals surface area contributed by atoms with Crippen LogP contribution in [-0.2, 0) is 0 Å². The van der Waals surface area contributed by atoms with Crippen molar-refractivity contribution in [3.05, 3.63) is 65.9 Å². The van der Waals surface area contributed by atoms with Gasteiger partial charge in [0.2, 0.25) is 0 Å². The van der Waals surface area contributed by atoms with E-state index in [1.165, 1.54) is 0 Å². The number of nitrogens with zero attached hydrogens (tertiary/aromatic N) is 4. The molecule has 8 rings (SSSR count). The number of furan rings is 1. The highest BCUT2D eigenvalue weighted by Gasteiger charge is 2.35. The molecule has 4 aliphatic heterocycles.